The third-order valence-electron chi connectivity index (χ3n) is 3.51. The first-order valence-electron chi connectivity index (χ1n) is 7.35. The standard InChI is InChI=1S/C9H6BrNOS.C9H7NOS/c10-4-8(12)6-1-2-7-9(3-6)13-5-11-7;1-6(11)7-2-3-8-9(4-7)12-5-10-8/h1-3,5H,4H2;2-5H,1H3. The number of hydrogen-bond donors (Lipinski definition) is 0. The normalized spacial score (nSPS) is 10.5. The van der Waals surface area contributed by atoms with Crippen molar-refractivity contribution in [1.29, 1.82) is 0 Å². The summed E-state index contributed by atoms with van der Waals surface area (Å²) in [6.45, 7) is 1.57. The molecule has 2 heterocycles. The van der Waals surface area contributed by atoms with E-state index in [2.05, 4.69) is 25.9 Å². The number of benzene rings is 2. The second kappa shape index (κ2) is 7.95. The first-order valence-corrected chi connectivity index (χ1v) is 10.2. The Labute approximate surface area is 160 Å². The van der Waals surface area contributed by atoms with Crippen LogP contribution in [0.5, 0.6) is 0 Å². The van der Waals surface area contributed by atoms with Gasteiger partial charge in [-0.05, 0) is 43.3 Å². The highest BCUT2D eigenvalue weighted by Gasteiger charge is 2.05. The summed E-state index contributed by atoms with van der Waals surface area (Å²) in [5.74, 6) is 0.209. The molecular weight excluding hydrogens is 420 g/mol. The third-order valence-corrected chi connectivity index (χ3v) is 5.61. The highest BCUT2D eigenvalue weighted by atomic mass is 79.9. The Morgan fingerprint density at radius 3 is 1.96 bits per heavy atom. The van der Waals surface area contributed by atoms with Crippen LogP contribution in [0.4, 0.5) is 0 Å². The summed E-state index contributed by atoms with van der Waals surface area (Å²) in [6.07, 6.45) is 0. The van der Waals surface area contributed by atoms with Crippen LogP contribution in [0.1, 0.15) is 27.6 Å². The highest BCUT2D eigenvalue weighted by molar-refractivity contribution is 9.09. The minimum Gasteiger partial charge on any atom is -0.295 e. The van der Waals surface area contributed by atoms with E-state index in [-0.39, 0.29) is 11.6 Å². The molecule has 2 aromatic carbocycles. The van der Waals surface area contributed by atoms with Gasteiger partial charge in [-0.15, -0.1) is 22.7 Å². The fourth-order valence-corrected chi connectivity index (χ4v) is 3.94. The maximum Gasteiger partial charge on any atom is 0.173 e. The lowest BCUT2D eigenvalue weighted by Crippen LogP contribution is -1.98. The average molecular weight is 433 g/mol. The van der Waals surface area contributed by atoms with Crippen molar-refractivity contribution in [2.24, 2.45) is 0 Å². The number of carbonyl (C=O) groups excluding carboxylic acids is 2. The summed E-state index contributed by atoms with van der Waals surface area (Å²) in [5, 5.41) is 0.372. The van der Waals surface area contributed by atoms with E-state index in [4.69, 9.17) is 0 Å². The smallest absolute Gasteiger partial charge is 0.173 e. The van der Waals surface area contributed by atoms with Crippen LogP contribution in [0, 0.1) is 0 Å². The molecule has 0 aliphatic rings. The lowest BCUT2D eigenvalue weighted by Gasteiger charge is -1.95. The topological polar surface area (TPSA) is 59.9 Å². The fraction of sp³-hybridized carbons (Fsp3) is 0.111. The van der Waals surface area contributed by atoms with E-state index in [9.17, 15) is 9.59 Å². The van der Waals surface area contributed by atoms with Crippen molar-refractivity contribution in [2.75, 3.05) is 5.33 Å². The molecule has 0 spiro atoms. The zero-order valence-corrected chi connectivity index (χ0v) is 16.5. The Bertz CT molecular complexity index is 1060. The molecular formula is C18H13BrN2O2S2. The lowest BCUT2D eigenvalue weighted by molar-refractivity contribution is 0.101. The van der Waals surface area contributed by atoms with Crippen LogP contribution in [0.25, 0.3) is 20.4 Å². The summed E-state index contributed by atoms with van der Waals surface area (Å²) in [5.41, 5.74) is 6.99. The van der Waals surface area contributed by atoms with E-state index in [0.29, 0.717) is 5.33 Å². The van der Waals surface area contributed by atoms with Gasteiger partial charge in [0.1, 0.15) is 0 Å². The molecule has 0 aliphatic heterocycles. The maximum absolute atomic E-state index is 11.3. The average Bonchev–Trinajstić information content (AvgIpc) is 3.28. The van der Waals surface area contributed by atoms with E-state index in [1.165, 1.54) is 0 Å². The number of ketones is 2. The molecule has 0 radical (unpaired) electrons. The number of aromatic nitrogens is 2. The molecule has 126 valence electrons. The van der Waals surface area contributed by atoms with Gasteiger partial charge in [0.2, 0.25) is 0 Å². The van der Waals surface area contributed by atoms with Gasteiger partial charge in [-0.1, -0.05) is 15.9 Å². The van der Waals surface area contributed by atoms with E-state index in [1.807, 2.05) is 36.4 Å². The second-order valence-corrected chi connectivity index (χ2v) is 7.52. The predicted octanol–water partition coefficient (Wildman–Crippen LogP) is 5.37. The van der Waals surface area contributed by atoms with Gasteiger partial charge in [-0.25, -0.2) is 9.97 Å². The number of rotatable bonds is 3. The molecule has 0 amide bonds. The molecule has 0 bridgehead atoms. The van der Waals surface area contributed by atoms with Gasteiger partial charge in [0.15, 0.2) is 11.6 Å². The zero-order valence-electron chi connectivity index (χ0n) is 13.2. The van der Waals surface area contributed by atoms with Gasteiger partial charge in [0.05, 0.1) is 36.8 Å². The van der Waals surface area contributed by atoms with Crippen LogP contribution in [0.3, 0.4) is 0 Å². The Hall–Kier alpha value is -1.96. The number of hydrogen-bond acceptors (Lipinski definition) is 6. The molecule has 25 heavy (non-hydrogen) atoms. The number of halogens is 1. The number of alkyl halides is 1. The van der Waals surface area contributed by atoms with Crippen LogP contribution in [0.15, 0.2) is 47.4 Å². The summed E-state index contributed by atoms with van der Waals surface area (Å²) in [7, 11) is 0. The van der Waals surface area contributed by atoms with Crippen LogP contribution in [0.2, 0.25) is 0 Å². The molecule has 0 N–H and O–H groups in total. The Balaban J connectivity index is 0.000000146. The molecule has 4 aromatic rings. The van der Waals surface area contributed by atoms with Gasteiger partial charge in [-0.3, -0.25) is 9.59 Å². The number of Topliss-reactive ketones (excluding diaryl/α,β-unsaturated/α-hetero) is 2. The van der Waals surface area contributed by atoms with Crippen LogP contribution >= 0.6 is 38.6 Å². The monoisotopic (exact) mass is 432 g/mol. The molecule has 0 aliphatic carbocycles. The van der Waals surface area contributed by atoms with Gasteiger partial charge in [-0.2, -0.15) is 0 Å². The van der Waals surface area contributed by atoms with E-state index >= 15 is 0 Å². The van der Waals surface area contributed by atoms with Crippen LogP contribution < -0.4 is 0 Å². The first kappa shape index (κ1) is 17.8. The summed E-state index contributed by atoms with van der Waals surface area (Å²) >= 11 is 6.25. The molecule has 0 atom stereocenters. The Morgan fingerprint density at radius 2 is 1.44 bits per heavy atom. The first-order chi connectivity index (χ1) is 12.1. The van der Waals surface area contributed by atoms with Crippen molar-refractivity contribution >= 4 is 70.6 Å². The number of thiazole rings is 2. The zero-order chi connectivity index (χ0) is 17.8. The number of nitrogens with zero attached hydrogens (tertiary/aromatic N) is 2. The highest BCUT2D eigenvalue weighted by Crippen LogP contribution is 2.20. The van der Waals surface area contributed by atoms with Gasteiger partial charge in [0.25, 0.3) is 0 Å². The molecule has 0 saturated heterocycles. The molecule has 2 aromatic heterocycles. The van der Waals surface area contributed by atoms with E-state index in [1.54, 1.807) is 40.6 Å². The van der Waals surface area contributed by atoms with Crippen molar-refractivity contribution in [1.82, 2.24) is 9.97 Å². The van der Waals surface area contributed by atoms with Crippen molar-refractivity contribution in [3.63, 3.8) is 0 Å². The van der Waals surface area contributed by atoms with Gasteiger partial charge in [0, 0.05) is 11.1 Å². The summed E-state index contributed by atoms with van der Waals surface area (Å²) < 4.78 is 2.13. The number of carbonyl (C=O) groups is 2. The van der Waals surface area contributed by atoms with Crippen molar-refractivity contribution in [2.45, 2.75) is 6.92 Å². The predicted molar refractivity (Wildman–Crippen MR) is 107 cm³/mol. The maximum atomic E-state index is 11.3. The third kappa shape index (κ3) is 4.18. The van der Waals surface area contributed by atoms with Crippen molar-refractivity contribution in [3.05, 3.63) is 58.5 Å². The van der Waals surface area contributed by atoms with Crippen molar-refractivity contribution < 1.29 is 9.59 Å². The summed E-state index contributed by atoms with van der Waals surface area (Å²) in [6, 6.07) is 11.1. The van der Waals surface area contributed by atoms with E-state index < -0.39 is 0 Å². The van der Waals surface area contributed by atoms with Crippen molar-refractivity contribution in [3.8, 4) is 0 Å². The molecule has 0 fully saturated rings. The van der Waals surface area contributed by atoms with Crippen LogP contribution in [-0.2, 0) is 0 Å². The molecule has 4 rings (SSSR count). The largest absolute Gasteiger partial charge is 0.295 e. The Kier molecular flexibility index (Phi) is 5.67. The lowest BCUT2D eigenvalue weighted by atomic mass is 10.1. The summed E-state index contributed by atoms with van der Waals surface area (Å²) in [4.78, 5) is 30.6. The minimum absolute atomic E-state index is 0.102. The van der Waals surface area contributed by atoms with Crippen LogP contribution in [-0.4, -0.2) is 26.9 Å². The minimum atomic E-state index is 0.102. The fourth-order valence-electron chi connectivity index (χ4n) is 2.18. The second-order valence-electron chi connectivity index (χ2n) is 5.18. The molecule has 4 nitrogen and oxygen atoms in total. The molecule has 7 heteroatoms. The van der Waals surface area contributed by atoms with Gasteiger partial charge >= 0.3 is 0 Å². The number of fused-ring (bicyclic) bond motifs is 2. The quantitative estimate of drug-likeness (QED) is 0.322. The van der Waals surface area contributed by atoms with E-state index in [0.717, 1.165) is 31.6 Å². The molecule has 0 unspecified atom stereocenters. The Morgan fingerprint density at radius 1 is 0.920 bits per heavy atom. The SMILES string of the molecule is CC(=O)c1ccc2ncsc2c1.O=C(CBr)c1ccc2ncsc2c1. The molecule has 0 saturated carbocycles. The van der Waals surface area contributed by atoms with Gasteiger partial charge < -0.3 is 0 Å².